The molecule has 1 heterocycles. The van der Waals surface area contributed by atoms with Crippen LogP contribution < -0.4 is 9.64 Å². The summed E-state index contributed by atoms with van der Waals surface area (Å²) in [6, 6.07) is 19.5. The van der Waals surface area contributed by atoms with Crippen LogP contribution in [0.5, 0.6) is 5.75 Å². The molecule has 0 saturated carbocycles. The normalized spacial score (nSPS) is 12.0. The number of nitrogens with zero attached hydrogens (tertiary/aromatic N) is 4. The zero-order valence-corrected chi connectivity index (χ0v) is 18.7. The molecule has 1 amide bonds. The van der Waals surface area contributed by atoms with E-state index in [1.54, 1.807) is 0 Å². The van der Waals surface area contributed by atoms with Crippen LogP contribution in [0.4, 0.5) is 5.69 Å². The van der Waals surface area contributed by atoms with Gasteiger partial charge in [-0.05, 0) is 52.0 Å². The number of thioether (sulfide) groups is 1. The second kappa shape index (κ2) is 10.3. The molecule has 6 nitrogen and oxygen atoms in total. The molecule has 0 aliphatic carbocycles. The van der Waals surface area contributed by atoms with Crippen LogP contribution in [0.3, 0.4) is 0 Å². The highest BCUT2D eigenvalue weighted by atomic mass is 32.2. The number of hydrogen-bond donors (Lipinski definition) is 0. The number of anilines is 1. The van der Waals surface area contributed by atoms with E-state index in [-0.39, 0.29) is 18.1 Å². The molecule has 0 bridgehead atoms. The van der Waals surface area contributed by atoms with Gasteiger partial charge in [0.05, 0.1) is 5.75 Å². The first-order chi connectivity index (χ1) is 14.5. The maximum atomic E-state index is 13.0. The van der Waals surface area contributed by atoms with Crippen molar-refractivity contribution in [3.05, 3.63) is 66.5 Å². The quantitative estimate of drug-likeness (QED) is 0.454. The van der Waals surface area contributed by atoms with E-state index in [9.17, 15) is 4.79 Å². The Kier molecular flexibility index (Phi) is 7.52. The van der Waals surface area contributed by atoms with Gasteiger partial charge in [0.25, 0.3) is 0 Å². The number of para-hydroxylation sites is 2. The summed E-state index contributed by atoms with van der Waals surface area (Å²) in [6.07, 6.45) is -0.249. The summed E-state index contributed by atoms with van der Waals surface area (Å²) in [5.41, 5.74) is 0.903. The van der Waals surface area contributed by atoms with E-state index in [0.717, 1.165) is 22.4 Å². The van der Waals surface area contributed by atoms with Gasteiger partial charge < -0.3 is 14.2 Å². The molecular formula is C23H28N4O2S. The van der Waals surface area contributed by atoms with E-state index >= 15 is 0 Å². The van der Waals surface area contributed by atoms with E-state index in [1.807, 2.05) is 97.8 Å². The molecule has 1 atom stereocenters. The van der Waals surface area contributed by atoms with Gasteiger partial charge in [0.2, 0.25) is 5.91 Å². The Labute approximate surface area is 182 Å². The second-order valence-corrected chi connectivity index (χ2v) is 8.08. The van der Waals surface area contributed by atoms with E-state index in [4.69, 9.17) is 4.74 Å². The summed E-state index contributed by atoms with van der Waals surface area (Å²) in [5, 5.41) is 9.39. The number of hydrogen-bond acceptors (Lipinski definition) is 5. The number of ether oxygens (including phenoxy) is 1. The highest BCUT2D eigenvalue weighted by Crippen LogP contribution is 2.25. The van der Waals surface area contributed by atoms with Crippen molar-refractivity contribution in [1.82, 2.24) is 14.8 Å². The SMILES string of the molecule is CCn1c(SCC(=O)N(c2ccccc2)C(C)C)nnc1[C@H](C)Oc1ccccc1. The summed E-state index contributed by atoms with van der Waals surface area (Å²) in [7, 11) is 0. The topological polar surface area (TPSA) is 60.2 Å². The molecule has 158 valence electrons. The van der Waals surface area contributed by atoms with Gasteiger partial charge in [0, 0.05) is 18.3 Å². The first kappa shape index (κ1) is 21.9. The molecule has 0 aliphatic rings. The van der Waals surface area contributed by atoms with Crippen molar-refractivity contribution in [2.45, 2.75) is 51.5 Å². The molecule has 30 heavy (non-hydrogen) atoms. The summed E-state index contributed by atoms with van der Waals surface area (Å²) in [5.74, 6) is 1.87. The Balaban J connectivity index is 1.70. The van der Waals surface area contributed by atoms with Gasteiger partial charge in [0.1, 0.15) is 5.75 Å². The zero-order valence-electron chi connectivity index (χ0n) is 17.9. The zero-order chi connectivity index (χ0) is 21.5. The van der Waals surface area contributed by atoms with E-state index in [2.05, 4.69) is 10.2 Å². The average molecular weight is 425 g/mol. The van der Waals surface area contributed by atoms with Crippen LogP contribution >= 0.6 is 11.8 Å². The third-order valence-electron chi connectivity index (χ3n) is 4.63. The fraction of sp³-hybridized carbons (Fsp3) is 0.348. The summed E-state index contributed by atoms with van der Waals surface area (Å²) in [4.78, 5) is 14.8. The molecule has 3 rings (SSSR count). The fourth-order valence-electron chi connectivity index (χ4n) is 3.28. The minimum absolute atomic E-state index is 0.0435. The highest BCUT2D eigenvalue weighted by molar-refractivity contribution is 7.99. The second-order valence-electron chi connectivity index (χ2n) is 7.14. The summed E-state index contributed by atoms with van der Waals surface area (Å²) >= 11 is 1.41. The average Bonchev–Trinajstić information content (AvgIpc) is 3.16. The Bertz CT molecular complexity index is 944. The standard InChI is InChI=1S/C23H28N4O2S/c1-5-26-22(18(4)29-20-14-10-7-11-15-20)24-25-23(26)30-16-21(28)27(17(2)3)19-12-8-6-9-13-19/h6-15,17-18H,5,16H2,1-4H3/t18-/m0/s1. The number of carbonyl (C=O) groups excluding carboxylic acids is 1. The molecule has 2 aromatic carbocycles. The number of rotatable bonds is 9. The molecule has 0 spiro atoms. The van der Waals surface area contributed by atoms with Crippen LogP contribution in [0.1, 0.15) is 39.6 Å². The third-order valence-corrected chi connectivity index (χ3v) is 5.58. The summed E-state index contributed by atoms with van der Waals surface area (Å²) in [6.45, 7) is 8.74. The van der Waals surface area contributed by atoms with Crippen molar-refractivity contribution in [3.63, 3.8) is 0 Å². The predicted molar refractivity (Wildman–Crippen MR) is 121 cm³/mol. The van der Waals surface area contributed by atoms with Crippen molar-refractivity contribution in [3.8, 4) is 5.75 Å². The van der Waals surface area contributed by atoms with Gasteiger partial charge >= 0.3 is 0 Å². The lowest BCUT2D eigenvalue weighted by Crippen LogP contribution is -2.38. The Morgan fingerprint density at radius 1 is 1.03 bits per heavy atom. The van der Waals surface area contributed by atoms with E-state index in [0.29, 0.717) is 12.3 Å². The molecule has 7 heteroatoms. The van der Waals surface area contributed by atoms with Crippen molar-refractivity contribution in [1.29, 1.82) is 0 Å². The Hall–Kier alpha value is -2.80. The highest BCUT2D eigenvalue weighted by Gasteiger charge is 2.22. The minimum atomic E-state index is -0.249. The Morgan fingerprint density at radius 3 is 2.27 bits per heavy atom. The summed E-state index contributed by atoms with van der Waals surface area (Å²) < 4.78 is 8.01. The van der Waals surface area contributed by atoms with Crippen molar-refractivity contribution >= 4 is 23.4 Å². The molecule has 0 N–H and O–H groups in total. The fourth-order valence-corrected chi connectivity index (χ4v) is 4.14. The largest absolute Gasteiger partial charge is 0.483 e. The van der Waals surface area contributed by atoms with Crippen molar-refractivity contribution in [2.24, 2.45) is 0 Å². The van der Waals surface area contributed by atoms with Gasteiger partial charge in [-0.1, -0.05) is 48.2 Å². The van der Waals surface area contributed by atoms with Crippen LogP contribution in [-0.2, 0) is 11.3 Å². The molecule has 0 unspecified atom stereocenters. The lowest BCUT2D eigenvalue weighted by molar-refractivity contribution is -0.116. The van der Waals surface area contributed by atoms with Crippen molar-refractivity contribution < 1.29 is 9.53 Å². The Morgan fingerprint density at radius 2 is 1.67 bits per heavy atom. The minimum Gasteiger partial charge on any atom is -0.483 e. The van der Waals surface area contributed by atoms with Crippen molar-refractivity contribution in [2.75, 3.05) is 10.7 Å². The molecule has 0 saturated heterocycles. The maximum Gasteiger partial charge on any atom is 0.237 e. The van der Waals surface area contributed by atoms with Crippen LogP contribution in [0, 0.1) is 0 Å². The number of aromatic nitrogens is 3. The first-order valence-electron chi connectivity index (χ1n) is 10.2. The molecule has 0 fully saturated rings. The lowest BCUT2D eigenvalue weighted by Gasteiger charge is -2.26. The van der Waals surface area contributed by atoms with Gasteiger partial charge in [-0.25, -0.2) is 0 Å². The smallest absolute Gasteiger partial charge is 0.237 e. The van der Waals surface area contributed by atoms with E-state index < -0.39 is 0 Å². The van der Waals surface area contributed by atoms with Crippen LogP contribution in [0.15, 0.2) is 65.8 Å². The number of carbonyl (C=O) groups is 1. The lowest BCUT2D eigenvalue weighted by atomic mass is 10.2. The molecule has 3 aromatic rings. The molecule has 0 radical (unpaired) electrons. The molecule has 1 aromatic heterocycles. The monoisotopic (exact) mass is 424 g/mol. The van der Waals surface area contributed by atoms with Crippen LogP contribution in [0.2, 0.25) is 0 Å². The number of benzene rings is 2. The van der Waals surface area contributed by atoms with Gasteiger partial charge in [-0.3, -0.25) is 4.79 Å². The van der Waals surface area contributed by atoms with Gasteiger partial charge in [0.15, 0.2) is 17.1 Å². The molecular weight excluding hydrogens is 396 g/mol. The maximum absolute atomic E-state index is 13.0. The van der Waals surface area contributed by atoms with Gasteiger partial charge in [-0.2, -0.15) is 0 Å². The third kappa shape index (κ3) is 5.21. The van der Waals surface area contributed by atoms with Gasteiger partial charge in [-0.15, -0.1) is 10.2 Å². The van der Waals surface area contributed by atoms with E-state index in [1.165, 1.54) is 11.8 Å². The first-order valence-corrected chi connectivity index (χ1v) is 11.1. The molecule has 0 aliphatic heterocycles. The van der Waals surface area contributed by atoms with Crippen LogP contribution in [0.25, 0.3) is 0 Å². The number of amides is 1. The van der Waals surface area contributed by atoms with Crippen LogP contribution in [-0.4, -0.2) is 32.5 Å². The predicted octanol–water partition coefficient (Wildman–Crippen LogP) is 4.97.